The van der Waals surface area contributed by atoms with Gasteiger partial charge >= 0.3 is 6.18 Å². The Morgan fingerprint density at radius 1 is 1.23 bits per heavy atom. The number of benzene rings is 1. The zero-order valence-electron chi connectivity index (χ0n) is 21.5. The highest BCUT2D eigenvalue weighted by Gasteiger charge is 2.46. The first-order valence-electron chi connectivity index (χ1n) is 12.6. The molecule has 208 valence electrons. The van der Waals surface area contributed by atoms with Crippen molar-refractivity contribution in [1.29, 1.82) is 0 Å². The number of aliphatic imine (C=N–C) groups is 2. The van der Waals surface area contributed by atoms with E-state index in [4.69, 9.17) is 10.8 Å². The van der Waals surface area contributed by atoms with Gasteiger partial charge in [-0.15, -0.1) is 4.59 Å². The highest BCUT2D eigenvalue weighted by atomic mass is 19.4. The number of nitrogens with two attached hydrogens (primary N) is 1. The van der Waals surface area contributed by atoms with Crippen LogP contribution in [0.25, 0.3) is 0 Å². The number of aliphatic hydroxyl groups is 1. The maximum absolute atomic E-state index is 13.0. The number of quaternary nitrogens is 1. The molecule has 2 aromatic rings. The fourth-order valence-corrected chi connectivity index (χ4v) is 5.01. The second-order valence-corrected chi connectivity index (χ2v) is 9.82. The number of hydrogen-bond donors (Lipinski definition) is 3. The quantitative estimate of drug-likeness (QED) is 0.386. The van der Waals surface area contributed by atoms with E-state index in [1.54, 1.807) is 35.6 Å². The molecule has 1 aromatic heterocycles. The van der Waals surface area contributed by atoms with Crippen molar-refractivity contribution in [3.05, 3.63) is 83.1 Å². The number of nitrogens with zero attached hydrogens (tertiary/aromatic N) is 5. The summed E-state index contributed by atoms with van der Waals surface area (Å²) in [5, 5.41) is 12.2. The summed E-state index contributed by atoms with van der Waals surface area (Å²) in [6.07, 6.45) is 1.74. The number of carbonyl (C=O) groups excluding carboxylic acids is 2. The molecule has 3 atom stereocenters. The highest BCUT2D eigenvalue weighted by molar-refractivity contribution is 6.05. The van der Waals surface area contributed by atoms with Gasteiger partial charge in [0, 0.05) is 30.8 Å². The number of aliphatic hydroxyl groups excluding tert-OH is 1. The number of fused-ring (bicyclic) bond motifs is 1. The van der Waals surface area contributed by atoms with Crippen LogP contribution in [-0.2, 0) is 11.0 Å². The third kappa shape index (κ3) is 5.18. The second-order valence-electron chi connectivity index (χ2n) is 9.82. The number of alkyl halides is 3. The summed E-state index contributed by atoms with van der Waals surface area (Å²) >= 11 is 0. The van der Waals surface area contributed by atoms with Gasteiger partial charge in [-0.2, -0.15) is 24.0 Å². The summed E-state index contributed by atoms with van der Waals surface area (Å²) < 4.78 is 38.7. The number of hydrogen-bond acceptors (Lipinski definition) is 7. The molecular formula is C27H27F3N7O3+. The third-order valence-electron chi connectivity index (χ3n) is 7.03. The van der Waals surface area contributed by atoms with Crippen molar-refractivity contribution in [2.24, 2.45) is 21.7 Å². The van der Waals surface area contributed by atoms with Gasteiger partial charge in [0.2, 0.25) is 5.70 Å². The molecule has 40 heavy (non-hydrogen) atoms. The van der Waals surface area contributed by atoms with Gasteiger partial charge in [-0.05, 0) is 56.2 Å². The van der Waals surface area contributed by atoms with Crippen LogP contribution < -0.4 is 11.2 Å². The summed E-state index contributed by atoms with van der Waals surface area (Å²) in [6.45, 7) is 2.38. The lowest BCUT2D eigenvalue weighted by molar-refractivity contribution is -0.750. The zero-order chi connectivity index (χ0) is 28.7. The number of halogens is 3. The van der Waals surface area contributed by atoms with Crippen molar-refractivity contribution >= 4 is 29.7 Å². The minimum absolute atomic E-state index is 0.118. The maximum atomic E-state index is 13.0. The average molecular weight is 555 g/mol. The lowest BCUT2D eigenvalue weighted by Crippen LogP contribution is -2.53. The SMILES string of the molecule is C[C@H](O)C(=O)N1CCC[C@@H](C2=C3C=NC=C[N+]3(N)C(c3ccc(C(=O)Nc4cc(C(F)(F)F)ccn4)cc3)=N2)C1. The fraction of sp³-hybridized carbons (Fsp3) is 0.296. The molecule has 0 saturated carbocycles. The molecule has 0 aliphatic carbocycles. The van der Waals surface area contributed by atoms with Crippen LogP contribution in [0.3, 0.4) is 0 Å². The predicted octanol–water partition coefficient (Wildman–Crippen LogP) is 3.19. The Labute approximate surface area is 227 Å². The van der Waals surface area contributed by atoms with E-state index in [9.17, 15) is 27.9 Å². The largest absolute Gasteiger partial charge is 0.416 e. The first-order valence-corrected chi connectivity index (χ1v) is 12.6. The Kier molecular flexibility index (Phi) is 7.12. The summed E-state index contributed by atoms with van der Waals surface area (Å²) in [4.78, 5) is 39.7. The van der Waals surface area contributed by atoms with E-state index in [0.29, 0.717) is 35.9 Å². The van der Waals surface area contributed by atoms with E-state index in [1.165, 1.54) is 19.1 Å². The van der Waals surface area contributed by atoms with Crippen molar-refractivity contribution in [3.8, 4) is 0 Å². The van der Waals surface area contributed by atoms with Gasteiger partial charge in [0.15, 0.2) is 0 Å². The molecule has 2 amide bonds. The fourth-order valence-electron chi connectivity index (χ4n) is 5.01. The van der Waals surface area contributed by atoms with Gasteiger partial charge in [-0.25, -0.2) is 4.98 Å². The van der Waals surface area contributed by atoms with E-state index in [2.05, 4.69) is 15.3 Å². The molecule has 1 fully saturated rings. The summed E-state index contributed by atoms with van der Waals surface area (Å²) in [5.74, 6) is 5.98. The predicted molar refractivity (Wildman–Crippen MR) is 140 cm³/mol. The molecular weight excluding hydrogens is 527 g/mol. The number of amidine groups is 1. The van der Waals surface area contributed by atoms with Crippen LogP contribution in [0.1, 0.15) is 41.3 Å². The van der Waals surface area contributed by atoms with Crippen molar-refractivity contribution < 1.29 is 32.5 Å². The van der Waals surface area contributed by atoms with Gasteiger partial charge in [0.05, 0.1) is 23.5 Å². The van der Waals surface area contributed by atoms with Crippen molar-refractivity contribution in [1.82, 2.24) is 9.88 Å². The standard InChI is InChI=1S/C27H26F3N7O3/c1-16(38)26(40)36-11-2-3-19(15-36)23-21-14-32-10-12-37(21,31)24(35-23)17-4-6-18(7-5-17)25(39)34-22-13-20(8-9-33-22)27(28,29)30/h4-10,12-14,16,19,38H,2-3,11,15,31H2,1H3/p+1/t16-,19+,37?/m0/s1. The summed E-state index contributed by atoms with van der Waals surface area (Å²) in [5.41, 5.74) is 1.26. The molecule has 1 aromatic carbocycles. The smallest absolute Gasteiger partial charge is 0.384 e. The molecule has 4 heterocycles. The van der Waals surface area contributed by atoms with Crippen molar-refractivity contribution in [2.45, 2.75) is 32.0 Å². The number of likely N-dealkylation sites (tertiary alicyclic amines) is 1. The number of allylic oxidation sites excluding steroid dienone is 1. The molecule has 1 saturated heterocycles. The zero-order valence-corrected chi connectivity index (χ0v) is 21.5. The molecule has 0 bridgehead atoms. The van der Waals surface area contributed by atoms with Crippen LogP contribution in [0.2, 0.25) is 0 Å². The Morgan fingerprint density at radius 2 is 1.98 bits per heavy atom. The third-order valence-corrected chi connectivity index (χ3v) is 7.03. The number of rotatable bonds is 5. The number of aromatic nitrogens is 1. The number of anilines is 1. The lowest BCUT2D eigenvalue weighted by Gasteiger charge is -2.33. The first kappa shape index (κ1) is 27.4. The number of carbonyl (C=O) groups is 2. The van der Waals surface area contributed by atoms with Crippen LogP contribution >= 0.6 is 0 Å². The molecule has 10 nitrogen and oxygen atoms in total. The van der Waals surface area contributed by atoms with E-state index in [-0.39, 0.29) is 27.8 Å². The number of amides is 2. The topological polar surface area (TPSA) is 133 Å². The van der Waals surface area contributed by atoms with Gasteiger partial charge in [-0.3, -0.25) is 14.6 Å². The lowest BCUT2D eigenvalue weighted by atomic mass is 9.93. The molecule has 4 N–H and O–H groups in total. The van der Waals surface area contributed by atoms with Crippen LogP contribution in [-0.4, -0.2) is 62.6 Å². The number of pyridine rings is 1. The molecule has 0 radical (unpaired) electrons. The van der Waals surface area contributed by atoms with E-state index in [1.807, 2.05) is 0 Å². The van der Waals surface area contributed by atoms with Gasteiger partial charge < -0.3 is 15.3 Å². The number of piperidine rings is 1. The summed E-state index contributed by atoms with van der Waals surface area (Å²) in [6, 6.07) is 7.95. The maximum Gasteiger partial charge on any atom is 0.416 e. The Hall–Kier alpha value is -4.20. The van der Waals surface area contributed by atoms with Crippen molar-refractivity contribution in [3.63, 3.8) is 0 Å². The highest BCUT2D eigenvalue weighted by Crippen LogP contribution is 2.37. The molecule has 0 spiro atoms. The molecule has 13 heteroatoms. The van der Waals surface area contributed by atoms with Crippen molar-refractivity contribution in [2.75, 3.05) is 18.4 Å². The van der Waals surface area contributed by atoms with E-state index in [0.717, 1.165) is 31.2 Å². The normalized spacial score (nSPS) is 23.1. The first-order chi connectivity index (χ1) is 19.0. The van der Waals surface area contributed by atoms with E-state index < -0.39 is 23.8 Å². The molecule has 1 unspecified atom stereocenters. The average Bonchev–Trinajstić information content (AvgIpc) is 3.25. The van der Waals surface area contributed by atoms with Crippen LogP contribution in [0.4, 0.5) is 19.0 Å². The van der Waals surface area contributed by atoms with Gasteiger partial charge in [0.25, 0.3) is 17.6 Å². The van der Waals surface area contributed by atoms with Crippen LogP contribution in [0.5, 0.6) is 0 Å². The monoisotopic (exact) mass is 554 g/mol. The minimum Gasteiger partial charge on any atom is -0.384 e. The van der Waals surface area contributed by atoms with E-state index >= 15 is 0 Å². The Bertz CT molecular complexity index is 1460. The Morgan fingerprint density at radius 3 is 2.67 bits per heavy atom. The van der Waals surface area contributed by atoms with Crippen LogP contribution in [0.15, 0.2) is 76.4 Å². The second kappa shape index (κ2) is 10.4. The summed E-state index contributed by atoms with van der Waals surface area (Å²) in [7, 11) is 0. The number of nitrogens with one attached hydrogen (secondary N) is 1. The van der Waals surface area contributed by atoms with Crippen LogP contribution in [0, 0.1) is 5.92 Å². The molecule has 5 rings (SSSR count). The van der Waals surface area contributed by atoms with Gasteiger partial charge in [-0.1, -0.05) is 0 Å². The minimum atomic E-state index is -4.56. The Balaban J connectivity index is 1.38. The molecule has 3 aliphatic rings. The van der Waals surface area contributed by atoms with Gasteiger partial charge in [0.1, 0.15) is 23.8 Å². The molecule has 3 aliphatic heterocycles.